The van der Waals surface area contributed by atoms with Gasteiger partial charge in [-0.15, -0.1) is 0 Å². The van der Waals surface area contributed by atoms with Gasteiger partial charge >= 0.3 is 0 Å². The lowest BCUT2D eigenvalue weighted by Crippen LogP contribution is -2.30. The smallest absolute Gasteiger partial charge is 0.252 e. The molecule has 1 fully saturated rings. The fourth-order valence-corrected chi connectivity index (χ4v) is 3.58. The predicted octanol–water partition coefficient (Wildman–Crippen LogP) is 3.38. The number of hydrogen-bond acceptors (Lipinski definition) is 2. The van der Waals surface area contributed by atoms with E-state index in [0.717, 1.165) is 22.1 Å². The van der Waals surface area contributed by atoms with Gasteiger partial charge in [0.05, 0.1) is 5.56 Å². The Morgan fingerprint density at radius 1 is 1.59 bits per heavy atom. The van der Waals surface area contributed by atoms with Gasteiger partial charge in [0, 0.05) is 16.3 Å². The van der Waals surface area contributed by atoms with Crippen molar-refractivity contribution in [2.45, 2.75) is 25.0 Å². The van der Waals surface area contributed by atoms with Crippen LogP contribution in [0.5, 0.6) is 0 Å². The summed E-state index contributed by atoms with van der Waals surface area (Å²) in [6.45, 7) is 2.78. The molecule has 1 saturated heterocycles. The van der Waals surface area contributed by atoms with Crippen molar-refractivity contribution in [1.29, 1.82) is 0 Å². The molecule has 1 N–H and O–H groups in total. The molecule has 0 aromatic heterocycles. The van der Waals surface area contributed by atoms with Crippen molar-refractivity contribution >= 4 is 33.6 Å². The van der Waals surface area contributed by atoms with Crippen molar-refractivity contribution < 1.29 is 4.79 Å². The van der Waals surface area contributed by atoms with Gasteiger partial charge in [0.15, 0.2) is 0 Å². The van der Waals surface area contributed by atoms with Crippen molar-refractivity contribution in [3.05, 3.63) is 33.8 Å². The number of benzene rings is 1. The van der Waals surface area contributed by atoms with Crippen molar-refractivity contribution in [3.8, 4) is 0 Å². The second-order valence-electron chi connectivity index (χ2n) is 4.28. The van der Waals surface area contributed by atoms with Crippen molar-refractivity contribution in [1.82, 2.24) is 5.32 Å². The summed E-state index contributed by atoms with van der Waals surface area (Å²) in [6, 6.07) is 5.77. The minimum absolute atomic E-state index is 0.0214. The average Bonchev–Trinajstić information content (AvgIpc) is 2.82. The van der Waals surface area contributed by atoms with E-state index in [9.17, 15) is 4.79 Å². The number of hydrogen-bond donors (Lipinski definition) is 1. The van der Waals surface area contributed by atoms with Crippen LogP contribution in [0, 0.1) is 6.92 Å². The van der Waals surface area contributed by atoms with Crippen LogP contribution in [0.2, 0.25) is 0 Å². The molecule has 92 valence electrons. The van der Waals surface area contributed by atoms with Gasteiger partial charge < -0.3 is 5.32 Å². The Balaban J connectivity index is 1.97. The average molecular weight is 314 g/mol. The molecule has 17 heavy (non-hydrogen) atoms. The van der Waals surface area contributed by atoms with E-state index in [0.29, 0.717) is 5.25 Å². The highest BCUT2D eigenvalue weighted by Gasteiger charge is 2.17. The van der Waals surface area contributed by atoms with Crippen LogP contribution in [0.15, 0.2) is 22.7 Å². The Morgan fingerprint density at radius 3 is 3.12 bits per heavy atom. The van der Waals surface area contributed by atoms with E-state index in [1.165, 1.54) is 18.6 Å². The zero-order chi connectivity index (χ0) is 12.3. The Hall–Kier alpha value is -0.480. The third kappa shape index (κ3) is 3.26. The molecule has 0 aliphatic carbocycles. The fourth-order valence-electron chi connectivity index (χ4n) is 1.93. The third-order valence-electron chi connectivity index (χ3n) is 2.95. The highest BCUT2D eigenvalue weighted by Crippen LogP contribution is 2.25. The number of carbonyl (C=O) groups excluding carboxylic acids is 1. The number of nitrogens with one attached hydrogen (secondary N) is 1. The van der Waals surface area contributed by atoms with Crippen LogP contribution in [-0.4, -0.2) is 23.5 Å². The lowest BCUT2D eigenvalue weighted by Gasteiger charge is -2.11. The molecule has 1 amide bonds. The van der Waals surface area contributed by atoms with Gasteiger partial charge in [0.1, 0.15) is 0 Å². The van der Waals surface area contributed by atoms with Gasteiger partial charge in [0.2, 0.25) is 0 Å². The lowest BCUT2D eigenvalue weighted by molar-refractivity contribution is 0.0953. The number of thioether (sulfide) groups is 1. The molecule has 0 bridgehead atoms. The predicted molar refractivity (Wildman–Crippen MR) is 76.7 cm³/mol. The van der Waals surface area contributed by atoms with E-state index < -0.39 is 0 Å². The highest BCUT2D eigenvalue weighted by atomic mass is 79.9. The summed E-state index contributed by atoms with van der Waals surface area (Å²) >= 11 is 5.43. The summed E-state index contributed by atoms with van der Waals surface area (Å²) < 4.78 is 0.900. The van der Waals surface area contributed by atoms with E-state index >= 15 is 0 Å². The number of amides is 1. The van der Waals surface area contributed by atoms with Gasteiger partial charge in [-0.25, -0.2) is 0 Å². The topological polar surface area (TPSA) is 29.1 Å². The molecule has 1 aromatic rings. The van der Waals surface area contributed by atoms with Crippen molar-refractivity contribution in [2.24, 2.45) is 0 Å². The number of rotatable bonds is 3. The number of halogens is 1. The highest BCUT2D eigenvalue weighted by molar-refractivity contribution is 9.10. The molecule has 0 saturated carbocycles. The molecular formula is C13H16BrNOS. The maximum atomic E-state index is 12.0. The van der Waals surface area contributed by atoms with E-state index in [4.69, 9.17) is 0 Å². The Labute approximate surface area is 115 Å². The molecule has 2 nitrogen and oxygen atoms in total. The maximum Gasteiger partial charge on any atom is 0.252 e. The van der Waals surface area contributed by atoms with Gasteiger partial charge in [-0.05, 0) is 53.1 Å². The maximum absolute atomic E-state index is 12.0. The van der Waals surface area contributed by atoms with E-state index in [2.05, 4.69) is 21.2 Å². The first-order valence-corrected chi connectivity index (χ1v) is 7.67. The molecular weight excluding hydrogens is 298 g/mol. The molecule has 1 aliphatic rings. The molecule has 0 radical (unpaired) electrons. The molecule has 1 aliphatic heterocycles. The van der Waals surface area contributed by atoms with E-state index in [1.807, 2.05) is 36.9 Å². The zero-order valence-corrected chi connectivity index (χ0v) is 12.2. The first kappa shape index (κ1) is 13.0. The van der Waals surface area contributed by atoms with Gasteiger partial charge in [-0.3, -0.25) is 4.79 Å². The SMILES string of the molecule is Cc1cccc(C(=O)NCC2CCCS2)c1Br. The largest absolute Gasteiger partial charge is 0.351 e. The number of aryl methyl sites for hydroxylation is 1. The summed E-state index contributed by atoms with van der Waals surface area (Å²) in [5, 5.41) is 3.62. The van der Waals surface area contributed by atoms with Crippen LogP contribution in [0.4, 0.5) is 0 Å². The minimum atomic E-state index is 0.0214. The van der Waals surface area contributed by atoms with E-state index in [1.54, 1.807) is 0 Å². The first-order chi connectivity index (χ1) is 8.18. The molecule has 4 heteroatoms. The summed E-state index contributed by atoms with van der Waals surface area (Å²) in [5.41, 5.74) is 1.82. The summed E-state index contributed by atoms with van der Waals surface area (Å²) in [5.74, 6) is 1.25. The van der Waals surface area contributed by atoms with Crippen LogP contribution >= 0.6 is 27.7 Å². The second kappa shape index (κ2) is 5.91. The fraction of sp³-hybridized carbons (Fsp3) is 0.462. The first-order valence-electron chi connectivity index (χ1n) is 5.83. The normalized spacial score (nSPS) is 19.3. The molecule has 1 unspecified atom stereocenters. The Kier molecular flexibility index (Phi) is 4.51. The molecule has 1 heterocycles. The van der Waals surface area contributed by atoms with Crippen LogP contribution in [-0.2, 0) is 0 Å². The van der Waals surface area contributed by atoms with Gasteiger partial charge in [-0.1, -0.05) is 12.1 Å². The second-order valence-corrected chi connectivity index (χ2v) is 6.48. The molecule has 1 aromatic carbocycles. The van der Waals surface area contributed by atoms with Crippen LogP contribution in [0.25, 0.3) is 0 Å². The standard InChI is InChI=1S/C13H16BrNOS/c1-9-4-2-6-11(12(9)14)13(16)15-8-10-5-3-7-17-10/h2,4,6,10H,3,5,7-8H2,1H3,(H,15,16). The van der Waals surface area contributed by atoms with Crippen LogP contribution in [0.1, 0.15) is 28.8 Å². The molecule has 1 atom stereocenters. The lowest BCUT2D eigenvalue weighted by atomic mass is 10.1. The van der Waals surface area contributed by atoms with Crippen molar-refractivity contribution in [2.75, 3.05) is 12.3 Å². The number of carbonyl (C=O) groups is 1. The monoisotopic (exact) mass is 313 g/mol. The molecule has 0 spiro atoms. The van der Waals surface area contributed by atoms with Gasteiger partial charge in [-0.2, -0.15) is 11.8 Å². The van der Waals surface area contributed by atoms with E-state index in [-0.39, 0.29) is 5.91 Å². The quantitative estimate of drug-likeness (QED) is 0.927. The summed E-state index contributed by atoms with van der Waals surface area (Å²) in [4.78, 5) is 12.0. The minimum Gasteiger partial charge on any atom is -0.351 e. The zero-order valence-electron chi connectivity index (χ0n) is 9.83. The summed E-state index contributed by atoms with van der Waals surface area (Å²) in [7, 11) is 0. The van der Waals surface area contributed by atoms with Gasteiger partial charge in [0.25, 0.3) is 5.91 Å². The Morgan fingerprint density at radius 2 is 2.41 bits per heavy atom. The van der Waals surface area contributed by atoms with Crippen molar-refractivity contribution in [3.63, 3.8) is 0 Å². The summed E-state index contributed by atoms with van der Waals surface area (Å²) in [6.07, 6.45) is 2.50. The van der Waals surface area contributed by atoms with Crippen LogP contribution < -0.4 is 5.32 Å². The third-order valence-corrected chi connectivity index (χ3v) is 5.40. The van der Waals surface area contributed by atoms with Crippen LogP contribution in [0.3, 0.4) is 0 Å². The molecule has 2 rings (SSSR count). The Bertz CT molecular complexity index is 416.